The zero-order valence-electron chi connectivity index (χ0n) is 13.4. The zero-order chi connectivity index (χ0) is 18.9. The molecule has 0 saturated carbocycles. The van der Waals surface area contributed by atoms with Crippen LogP contribution in [0.4, 0.5) is 13.2 Å². The molecule has 1 aromatic heterocycles. The van der Waals surface area contributed by atoms with Crippen molar-refractivity contribution >= 4 is 9.84 Å². The van der Waals surface area contributed by atoms with E-state index in [1.54, 1.807) is 18.3 Å². The minimum absolute atomic E-state index is 0.187. The molecule has 136 valence electrons. The predicted molar refractivity (Wildman–Crippen MR) is 89.3 cm³/mol. The number of rotatable bonds is 4. The van der Waals surface area contributed by atoms with Gasteiger partial charge in [0.25, 0.3) is 0 Å². The lowest BCUT2D eigenvalue weighted by Gasteiger charge is -2.09. The Hall–Kier alpha value is -2.81. The average molecular weight is 382 g/mol. The highest BCUT2D eigenvalue weighted by Gasteiger charge is 2.31. The molecule has 0 saturated heterocycles. The van der Waals surface area contributed by atoms with Crippen LogP contribution in [0.15, 0.2) is 59.6 Å². The SMILES string of the molecule is CS(=O)(=O)c1ccc(-c2n[nH]cc2-c2ccc(OC(F)(F)F)cc2)cc1. The van der Waals surface area contributed by atoms with Crippen LogP contribution in [-0.2, 0) is 9.84 Å². The van der Waals surface area contributed by atoms with E-state index in [2.05, 4.69) is 14.9 Å². The quantitative estimate of drug-likeness (QED) is 0.739. The van der Waals surface area contributed by atoms with Crippen molar-refractivity contribution in [2.24, 2.45) is 0 Å². The highest BCUT2D eigenvalue weighted by atomic mass is 32.2. The molecule has 0 aliphatic carbocycles. The van der Waals surface area contributed by atoms with Crippen LogP contribution < -0.4 is 4.74 Å². The molecule has 0 aliphatic heterocycles. The Balaban J connectivity index is 1.91. The van der Waals surface area contributed by atoms with Gasteiger partial charge in [-0.25, -0.2) is 8.42 Å². The molecule has 3 rings (SSSR count). The summed E-state index contributed by atoms with van der Waals surface area (Å²) >= 11 is 0. The number of nitrogens with zero attached hydrogens (tertiary/aromatic N) is 1. The van der Waals surface area contributed by atoms with Crippen molar-refractivity contribution in [1.29, 1.82) is 0 Å². The highest BCUT2D eigenvalue weighted by molar-refractivity contribution is 7.90. The van der Waals surface area contributed by atoms with Gasteiger partial charge in [0, 0.05) is 23.6 Å². The largest absolute Gasteiger partial charge is 0.573 e. The number of halogens is 3. The van der Waals surface area contributed by atoms with Crippen molar-refractivity contribution in [1.82, 2.24) is 10.2 Å². The van der Waals surface area contributed by atoms with Crippen LogP contribution in [0, 0.1) is 0 Å². The first-order chi connectivity index (χ1) is 12.1. The van der Waals surface area contributed by atoms with E-state index in [0.717, 1.165) is 6.26 Å². The molecule has 0 aliphatic rings. The molecule has 0 fully saturated rings. The maximum atomic E-state index is 12.2. The first-order valence-electron chi connectivity index (χ1n) is 7.34. The Bertz CT molecular complexity index is 1010. The number of sulfone groups is 1. The van der Waals surface area contributed by atoms with Crippen LogP contribution in [0.5, 0.6) is 5.75 Å². The van der Waals surface area contributed by atoms with Crippen LogP contribution in [0.2, 0.25) is 0 Å². The molecule has 0 bridgehead atoms. The second-order valence-electron chi connectivity index (χ2n) is 5.52. The van der Waals surface area contributed by atoms with Gasteiger partial charge < -0.3 is 4.74 Å². The Morgan fingerprint density at radius 1 is 0.962 bits per heavy atom. The van der Waals surface area contributed by atoms with Crippen LogP contribution in [0.25, 0.3) is 22.4 Å². The third-order valence-corrected chi connectivity index (χ3v) is 4.72. The third-order valence-electron chi connectivity index (χ3n) is 3.60. The molecule has 0 unspecified atom stereocenters. The van der Waals surface area contributed by atoms with E-state index in [4.69, 9.17) is 0 Å². The van der Waals surface area contributed by atoms with Crippen LogP contribution in [-0.4, -0.2) is 31.2 Å². The van der Waals surface area contributed by atoms with E-state index in [-0.39, 0.29) is 10.6 Å². The highest BCUT2D eigenvalue weighted by Crippen LogP contribution is 2.32. The number of alkyl halides is 3. The van der Waals surface area contributed by atoms with Gasteiger partial charge in [0.1, 0.15) is 5.75 Å². The van der Waals surface area contributed by atoms with Gasteiger partial charge in [0.05, 0.1) is 10.6 Å². The van der Waals surface area contributed by atoms with E-state index in [1.807, 2.05) is 0 Å². The van der Waals surface area contributed by atoms with Crippen molar-refractivity contribution < 1.29 is 26.3 Å². The van der Waals surface area contributed by atoms with Gasteiger partial charge in [0.2, 0.25) is 0 Å². The van der Waals surface area contributed by atoms with Gasteiger partial charge in [-0.2, -0.15) is 5.10 Å². The summed E-state index contributed by atoms with van der Waals surface area (Å²) in [4.78, 5) is 0.187. The van der Waals surface area contributed by atoms with Crippen LogP contribution >= 0.6 is 0 Å². The summed E-state index contributed by atoms with van der Waals surface area (Å²) in [5.41, 5.74) is 2.52. The maximum absolute atomic E-state index is 12.2. The second kappa shape index (κ2) is 6.49. The Morgan fingerprint density at radius 3 is 2.08 bits per heavy atom. The molecule has 0 radical (unpaired) electrons. The van der Waals surface area contributed by atoms with Gasteiger partial charge in [-0.3, -0.25) is 5.10 Å². The third kappa shape index (κ3) is 4.05. The lowest BCUT2D eigenvalue weighted by molar-refractivity contribution is -0.274. The molecule has 3 aromatic rings. The normalized spacial score (nSPS) is 12.2. The molecule has 0 amide bonds. The number of aromatic nitrogens is 2. The number of ether oxygens (including phenoxy) is 1. The number of hydrogen-bond acceptors (Lipinski definition) is 4. The number of aromatic amines is 1. The maximum Gasteiger partial charge on any atom is 0.573 e. The van der Waals surface area contributed by atoms with E-state index in [0.29, 0.717) is 22.4 Å². The molecule has 0 spiro atoms. The van der Waals surface area contributed by atoms with E-state index >= 15 is 0 Å². The minimum atomic E-state index is -4.75. The van der Waals surface area contributed by atoms with Crippen molar-refractivity contribution in [3.05, 3.63) is 54.7 Å². The summed E-state index contributed by atoms with van der Waals surface area (Å²) in [6.07, 6.45) is -2.02. The van der Waals surface area contributed by atoms with Gasteiger partial charge in [-0.05, 0) is 29.8 Å². The molecule has 0 atom stereocenters. The fraction of sp³-hybridized carbons (Fsp3) is 0.118. The summed E-state index contributed by atoms with van der Waals surface area (Å²) < 4.78 is 63.6. The standard InChI is InChI=1S/C17H13F3N2O3S/c1-26(23,24)14-8-4-12(5-9-14)16-15(10-21-22-16)11-2-6-13(7-3-11)25-17(18,19)20/h2-10H,1H3,(H,21,22). The molecule has 2 aromatic carbocycles. The summed E-state index contributed by atoms with van der Waals surface area (Å²) in [5, 5.41) is 6.86. The average Bonchev–Trinajstić information content (AvgIpc) is 3.03. The first-order valence-corrected chi connectivity index (χ1v) is 9.23. The summed E-state index contributed by atoms with van der Waals surface area (Å²) in [7, 11) is -3.30. The number of H-pyrrole nitrogens is 1. The number of hydrogen-bond donors (Lipinski definition) is 1. The predicted octanol–water partition coefficient (Wildman–Crippen LogP) is 4.05. The summed E-state index contributed by atoms with van der Waals surface area (Å²) in [6.45, 7) is 0. The molecule has 1 N–H and O–H groups in total. The smallest absolute Gasteiger partial charge is 0.406 e. The lowest BCUT2D eigenvalue weighted by Crippen LogP contribution is -2.16. The zero-order valence-corrected chi connectivity index (χ0v) is 14.2. The minimum Gasteiger partial charge on any atom is -0.406 e. The first kappa shape index (κ1) is 18.0. The molecule has 26 heavy (non-hydrogen) atoms. The molecular formula is C17H13F3N2O3S. The summed E-state index contributed by atoms with van der Waals surface area (Å²) in [6, 6.07) is 11.6. The molecule has 9 heteroatoms. The number of nitrogens with one attached hydrogen (secondary N) is 1. The van der Waals surface area contributed by atoms with Gasteiger partial charge >= 0.3 is 6.36 Å². The van der Waals surface area contributed by atoms with Gasteiger partial charge in [-0.1, -0.05) is 24.3 Å². The lowest BCUT2D eigenvalue weighted by atomic mass is 10.0. The monoisotopic (exact) mass is 382 g/mol. The van der Waals surface area contributed by atoms with Crippen LogP contribution in [0.1, 0.15) is 0 Å². The van der Waals surface area contributed by atoms with Crippen molar-refractivity contribution in [2.45, 2.75) is 11.3 Å². The topological polar surface area (TPSA) is 72.0 Å². The fourth-order valence-electron chi connectivity index (χ4n) is 2.43. The van der Waals surface area contributed by atoms with E-state index in [9.17, 15) is 21.6 Å². The van der Waals surface area contributed by atoms with E-state index in [1.165, 1.54) is 36.4 Å². The van der Waals surface area contributed by atoms with Gasteiger partial charge in [-0.15, -0.1) is 13.2 Å². The van der Waals surface area contributed by atoms with Crippen molar-refractivity contribution in [3.63, 3.8) is 0 Å². The second-order valence-corrected chi connectivity index (χ2v) is 7.53. The summed E-state index contributed by atoms with van der Waals surface area (Å²) in [5.74, 6) is -0.316. The molecule has 5 nitrogen and oxygen atoms in total. The Labute approximate surface area is 147 Å². The number of benzene rings is 2. The molecule has 1 heterocycles. The van der Waals surface area contributed by atoms with Crippen molar-refractivity contribution in [3.8, 4) is 28.1 Å². The Kier molecular flexibility index (Phi) is 4.49. The van der Waals surface area contributed by atoms with Crippen molar-refractivity contribution in [2.75, 3.05) is 6.26 Å². The fourth-order valence-corrected chi connectivity index (χ4v) is 3.06. The van der Waals surface area contributed by atoms with Gasteiger partial charge in [0.15, 0.2) is 9.84 Å². The molecular weight excluding hydrogens is 369 g/mol. The van der Waals surface area contributed by atoms with Crippen LogP contribution in [0.3, 0.4) is 0 Å². The van der Waals surface area contributed by atoms with E-state index < -0.39 is 16.2 Å². The Morgan fingerprint density at radius 2 is 1.54 bits per heavy atom.